The predicted octanol–water partition coefficient (Wildman–Crippen LogP) is 3.84. The van der Waals surface area contributed by atoms with E-state index in [0.29, 0.717) is 17.6 Å². The second kappa shape index (κ2) is 14.1. The van der Waals surface area contributed by atoms with Gasteiger partial charge in [-0.3, -0.25) is 4.52 Å². The number of hydrogen-bond donors (Lipinski definition) is 3. The molecule has 0 fully saturated rings. The summed E-state index contributed by atoms with van der Waals surface area (Å²) in [6, 6.07) is 0. The first-order valence-electron chi connectivity index (χ1n) is 9.86. The van der Waals surface area contributed by atoms with Crippen molar-refractivity contribution in [3.63, 3.8) is 0 Å². The van der Waals surface area contributed by atoms with Gasteiger partial charge in [0.1, 0.15) is 25.8 Å². The van der Waals surface area contributed by atoms with Crippen LogP contribution in [0.15, 0.2) is 0 Å². The lowest BCUT2D eigenvalue weighted by Gasteiger charge is -2.31. The number of hydrogen-bond acceptors (Lipinski definition) is 3. The van der Waals surface area contributed by atoms with Crippen LogP contribution in [0.2, 0.25) is 0 Å². The topological polar surface area (TPSA) is 87.0 Å². The summed E-state index contributed by atoms with van der Waals surface area (Å²) in [7, 11) is -0.527. The molecule has 1 atom stereocenters. The van der Waals surface area contributed by atoms with Crippen LogP contribution >= 0.6 is 7.82 Å². The lowest BCUT2D eigenvalue weighted by Crippen LogP contribution is -2.47. The highest BCUT2D eigenvalue weighted by atomic mass is 31.2. The van der Waals surface area contributed by atoms with E-state index in [9.17, 15) is 9.67 Å². The van der Waals surface area contributed by atoms with Crippen molar-refractivity contribution in [2.24, 2.45) is 0 Å². The molecule has 1 unspecified atom stereocenters. The number of likely N-dealkylation sites (N-methyl/N-ethyl adjacent to an activating group) is 1. The van der Waals surface area contributed by atoms with Crippen molar-refractivity contribution >= 4 is 7.82 Å². The minimum Gasteiger partial charge on any atom is -0.387 e. The Hall–Kier alpha value is 0.0300. The number of phosphoric ester groups is 1. The van der Waals surface area contributed by atoms with E-state index in [1.807, 2.05) is 14.1 Å². The Morgan fingerprint density at radius 1 is 0.920 bits per heavy atom. The number of aliphatic hydroxyl groups excluding tert-OH is 1. The van der Waals surface area contributed by atoms with Crippen LogP contribution in [0.25, 0.3) is 0 Å². The molecule has 0 aromatic carbocycles. The summed E-state index contributed by atoms with van der Waals surface area (Å²) in [6.07, 6.45) is 13.2. The van der Waals surface area contributed by atoms with E-state index in [2.05, 4.69) is 11.4 Å². The molecule has 3 N–H and O–H groups in total. The normalized spacial score (nSPS) is 14.0. The van der Waals surface area contributed by atoms with Gasteiger partial charge in [0, 0.05) is 0 Å². The highest BCUT2D eigenvalue weighted by Crippen LogP contribution is 2.35. The fourth-order valence-corrected chi connectivity index (χ4v) is 3.35. The first kappa shape index (κ1) is 25.0. The van der Waals surface area contributed by atoms with Crippen molar-refractivity contribution in [1.82, 2.24) is 0 Å². The zero-order chi connectivity index (χ0) is 19.2. The molecule has 0 radical (unpaired) electrons. The number of aliphatic hydroxyl groups is 1. The van der Waals surface area contributed by atoms with Crippen LogP contribution in [0.3, 0.4) is 0 Å². The summed E-state index contributed by atoms with van der Waals surface area (Å²) in [4.78, 5) is 17.4. The molecular weight excluding hydrogens is 341 g/mol. The number of rotatable bonds is 17. The third kappa shape index (κ3) is 18.6. The monoisotopic (exact) mass is 382 g/mol. The standard InChI is InChI=1S/C18H40NO5P/c1-4-5-6-7-8-9-10-11-12-13-14-18(20)17-19(2,3)15-16-24-25(21,22)23/h18,20H,4-17H2,1-3H3,(H-,21,22,23)/p+1. The Balaban J connectivity index is 3.58. The largest absolute Gasteiger partial charge is 0.469 e. The van der Waals surface area contributed by atoms with Crippen LogP contribution in [0.4, 0.5) is 0 Å². The highest BCUT2D eigenvalue weighted by Gasteiger charge is 2.22. The predicted molar refractivity (Wildman–Crippen MR) is 102 cm³/mol. The van der Waals surface area contributed by atoms with Crippen LogP contribution in [0.1, 0.15) is 77.6 Å². The summed E-state index contributed by atoms with van der Waals surface area (Å²) in [5.74, 6) is 0. The summed E-state index contributed by atoms with van der Waals surface area (Å²) in [6.45, 7) is 3.26. The number of nitrogens with zero attached hydrogens (tertiary/aromatic N) is 1. The highest BCUT2D eigenvalue weighted by molar-refractivity contribution is 7.46. The van der Waals surface area contributed by atoms with Gasteiger partial charge in [0.05, 0.1) is 14.1 Å². The smallest absolute Gasteiger partial charge is 0.387 e. The van der Waals surface area contributed by atoms with Crippen LogP contribution < -0.4 is 0 Å². The Kier molecular flexibility index (Phi) is 14.1. The van der Waals surface area contributed by atoms with E-state index in [1.165, 1.54) is 57.8 Å². The van der Waals surface area contributed by atoms with Gasteiger partial charge in [-0.1, -0.05) is 71.1 Å². The van der Waals surface area contributed by atoms with Crippen LogP contribution in [-0.4, -0.2) is 59.3 Å². The Bertz CT molecular complexity index is 359. The van der Waals surface area contributed by atoms with Crippen molar-refractivity contribution in [2.45, 2.75) is 83.7 Å². The van der Waals surface area contributed by atoms with E-state index in [4.69, 9.17) is 9.79 Å². The van der Waals surface area contributed by atoms with Crippen LogP contribution in [0, 0.1) is 0 Å². The molecule has 152 valence electrons. The number of unbranched alkanes of at least 4 members (excludes halogenated alkanes) is 9. The van der Waals surface area contributed by atoms with Crippen molar-refractivity contribution in [2.75, 3.05) is 33.8 Å². The maximum atomic E-state index is 10.7. The molecule has 0 amide bonds. The van der Waals surface area contributed by atoms with E-state index in [-0.39, 0.29) is 12.7 Å². The molecule has 25 heavy (non-hydrogen) atoms. The van der Waals surface area contributed by atoms with Crippen molar-refractivity contribution in [3.8, 4) is 0 Å². The number of phosphoric acid groups is 1. The minimum absolute atomic E-state index is 0.0117. The lowest BCUT2D eigenvalue weighted by molar-refractivity contribution is -0.893. The molecule has 6 nitrogen and oxygen atoms in total. The Labute approximate surface area is 154 Å². The molecule has 0 aromatic rings. The second-order valence-corrected chi connectivity index (χ2v) is 9.03. The van der Waals surface area contributed by atoms with Crippen LogP contribution in [-0.2, 0) is 9.09 Å². The molecule has 0 rings (SSSR count). The van der Waals surface area contributed by atoms with E-state index >= 15 is 0 Å². The Morgan fingerprint density at radius 2 is 1.40 bits per heavy atom. The fourth-order valence-electron chi connectivity index (χ4n) is 3.03. The summed E-state index contributed by atoms with van der Waals surface area (Å²) in [5, 5.41) is 10.2. The zero-order valence-electron chi connectivity index (χ0n) is 16.5. The summed E-state index contributed by atoms with van der Waals surface area (Å²) < 4.78 is 15.6. The molecule has 0 aliphatic heterocycles. The average Bonchev–Trinajstić information content (AvgIpc) is 2.47. The van der Waals surface area contributed by atoms with Gasteiger partial charge >= 0.3 is 7.82 Å². The van der Waals surface area contributed by atoms with Crippen LogP contribution in [0.5, 0.6) is 0 Å². The van der Waals surface area contributed by atoms with Gasteiger partial charge < -0.3 is 19.4 Å². The Morgan fingerprint density at radius 3 is 1.88 bits per heavy atom. The third-order valence-corrected chi connectivity index (χ3v) is 5.07. The maximum Gasteiger partial charge on any atom is 0.469 e. The van der Waals surface area contributed by atoms with Gasteiger partial charge in [-0.05, 0) is 6.42 Å². The number of quaternary nitrogens is 1. The first-order valence-corrected chi connectivity index (χ1v) is 11.4. The molecule has 0 saturated heterocycles. The molecule has 0 spiro atoms. The SMILES string of the molecule is CCCCCCCCCCCCC(O)C[N+](C)(C)CCOP(=O)(O)O. The fraction of sp³-hybridized carbons (Fsp3) is 1.00. The zero-order valence-corrected chi connectivity index (χ0v) is 17.4. The second-order valence-electron chi connectivity index (χ2n) is 7.79. The molecular formula is C18H41NO5P+. The van der Waals surface area contributed by atoms with Gasteiger partial charge in [-0.25, -0.2) is 4.57 Å². The van der Waals surface area contributed by atoms with Crippen molar-refractivity contribution in [3.05, 3.63) is 0 Å². The summed E-state index contributed by atoms with van der Waals surface area (Å²) >= 11 is 0. The van der Waals surface area contributed by atoms with Gasteiger partial charge in [0.15, 0.2) is 0 Å². The molecule has 0 aromatic heterocycles. The first-order chi connectivity index (χ1) is 11.7. The van der Waals surface area contributed by atoms with E-state index in [0.717, 1.165) is 12.8 Å². The lowest BCUT2D eigenvalue weighted by atomic mass is 10.0. The van der Waals surface area contributed by atoms with E-state index in [1.54, 1.807) is 0 Å². The third-order valence-electron chi connectivity index (χ3n) is 4.55. The van der Waals surface area contributed by atoms with Gasteiger partial charge in [-0.2, -0.15) is 0 Å². The average molecular weight is 383 g/mol. The molecule has 0 aliphatic carbocycles. The molecule has 0 heterocycles. The van der Waals surface area contributed by atoms with Gasteiger partial charge in [0.25, 0.3) is 0 Å². The quantitative estimate of drug-likeness (QED) is 0.202. The molecule has 0 aliphatic rings. The van der Waals surface area contributed by atoms with Crippen molar-refractivity contribution in [1.29, 1.82) is 0 Å². The maximum absolute atomic E-state index is 10.7. The van der Waals surface area contributed by atoms with E-state index < -0.39 is 7.82 Å². The minimum atomic E-state index is -4.40. The molecule has 0 saturated carbocycles. The van der Waals surface area contributed by atoms with Gasteiger partial charge in [-0.15, -0.1) is 0 Å². The van der Waals surface area contributed by atoms with Gasteiger partial charge in [0.2, 0.25) is 0 Å². The molecule has 7 heteroatoms. The van der Waals surface area contributed by atoms with Crippen molar-refractivity contribution < 1.29 is 28.5 Å². The molecule has 0 bridgehead atoms. The summed E-state index contributed by atoms with van der Waals surface area (Å²) in [5.41, 5.74) is 0.